The molecular weight excluding hydrogens is 346 g/mol. The summed E-state index contributed by atoms with van der Waals surface area (Å²) in [5.74, 6) is 0.656. The lowest BCUT2D eigenvalue weighted by Gasteiger charge is -2.06. The lowest BCUT2D eigenvalue weighted by atomic mass is 10.2. The highest BCUT2D eigenvalue weighted by Crippen LogP contribution is 2.18. The standard InChI is InChI=1S/C21H14F2N4/c22-15-6-10-17(11-7-15)24-20-21(25-18-12-8-16(23)9-13-18)27-19(26-20)14-4-2-1-3-5-14/h1-13H,(H,24,25,26,27). The largest absolute Gasteiger partial charge is 0.337 e. The minimum Gasteiger partial charge on any atom is -0.337 e. The zero-order valence-electron chi connectivity index (χ0n) is 14.1. The van der Waals surface area contributed by atoms with Gasteiger partial charge in [-0.3, -0.25) is 0 Å². The molecule has 0 saturated heterocycles. The van der Waals surface area contributed by atoms with Crippen molar-refractivity contribution in [1.82, 2.24) is 0 Å². The molecule has 0 aliphatic carbocycles. The number of amidine groups is 3. The number of aliphatic imine (C=N–C) groups is 3. The van der Waals surface area contributed by atoms with E-state index in [1.165, 1.54) is 24.3 Å². The third kappa shape index (κ3) is 3.95. The van der Waals surface area contributed by atoms with Crippen LogP contribution in [0.1, 0.15) is 5.56 Å². The average molecular weight is 360 g/mol. The molecule has 0 aromatic heterocycles. The van der Waals surface area contributed by atoms with Gasteiger partial charge in [0, 0.05) is 11.3 Å². The Hall–Kier alpha value is -3.67. The van der Waals surface area contributed by atoms with E-state index in [0.717, 1.165) is 5.56 Å². The van der Waals surface area contributed by atoms with E-state index in [2.05, 4.69) is 20.3 Å². The van der Waals surface area contributed by atoms with Gasteiger partial charge in [0.25, 0.3) is 0 Å². The van der Waals surface area contributed by atoms with E-state index >= 15 is 0 Å². The third-order valence-corrected chi connectivity index (χ3v) is 3.84. The van der Waals surface area contributed by atoms with E-state index in [1.54, 1.807) is 24.3 Å². The molecule has 1 aliphatic heterocycles. The average Bonchev–Trinajstić information content (AvgIpc) is 3.08. The third-order valence-electron chi connectivity index (χ3n) is 3.84. The molecule has 4 nitrogen and oxygen atoms in total. The first-order valence-electron chi connectivity index (χ1n) is 8.27. The lowest BCUT2D eigenvalue weighted by molar-refractivity contribution is 0.627. The van der Waals surface area contributed by atoms with E-state index in [9.17, 15) is 8.78 Å². The second-order valence-electron chi connectivity index (χ2n) is 5.81. The summed E-state index contributed by atoms with van der Waals surface area (Å²) in [6.45, 7) is 0. The van der Waals surface area contributed by atoms with Crippen LogP contribution >= 0.6 is 0 Å². The Bertz CT molecular complexity index is 1040. The van der Waals surface area contributed by atoms with Gasteiger partial charge in [0.15, 0.2) is 17.5 Å². The molecule has 1 N–H and O–H groups in total. The lowest BCUT2D eigenvalue weighted by Crippen LogP contribution is -2.18. The molecule has 0 atom stereocenters. The Morgan fingerprint density at radius 2 is 1.33 bits per heavy atom. The molecule has 0 unspecified atom stereocenters. The van der Waals surface area contributed by atoms with Crippen LogP contribution in [0.5, 0.6) is 0 Å². The van der Waals surface area contributed by atoms with Crippen molar-refractivity contribution in [2.75, 3.05) is 5.32 Å². The highest BCUT2D eigenvalue weighted by atomic mass is 19.1. The van der Waals surface area contributed by atoms with Gasteiger partial charge < -0.3 is 5.32 Å². The molecule has 0 amide bonds. The second kappa shape index (κ2) is 7.29. The fraction of sp³-hybridized carbons (Fsp3) is 0. The minimum absolute atomic E-state index is 0.324. The smallest absolute Gasteiger partial charge is 0.198 e. The molecule has 4 rings (SSSR count). The van der Waals surface area contributed by atoms with Crippen molar-refractivity contribution in [3.8, 4) is 0 Å². The number of rotatable bonds is 3. The zero-order chi connectivity index (χ0) is 18.6. The van der Waals surface area contributed by atoms with Crippen LogP contribution in [-0.4, -0.2) is 17.5 Å². The normalized spacial score (nSPS) is 14.8. The van der Waals surface area contributed by atoms with Gasteiger partial charge in [-0.2, -0.15) is 0 Å². The summed E-state index contributed by atoms with van der Waals surface area (Å²) >= 11 is 0. The quantitative estimate of drug-likeness (QED) is 0.705. The fourth-order valence-corrected chi connectivity index (χ4v) is 2.52. The molecule has 3 aromatic carbocycles. The summed E-state index contributed by atoms with van der Waals surface area (Å²) in [6.07, 6.45) is 0. The van der Waals surface area contributed by atoms with Crippen LogP contribution in [0.25, 0.3) is 0 Å². The molecule has 0 bridgehead atoms. The van der Waals surface area contributed by atoms with Crippen molar-refractivity contribution in [2.45, 2.75) is 0 Å². The predicted octanol–water partition coefficient (Wildman–Crippen LogP) is 4.97. The van der Waals surface area contributed by atoms with Crippen molar-refractivity contribution >= 4 is 28.9 Å². The Labute approximate surface area is 154 Å². The van der Waals surface area contributed by atoms with Crippen LogP contribution in [0.15, 0.2) is 93.8 Å². The van der Waals surface area contributed by atoms with Crippen molar-refractivity contribution < 1.29 is 8.78 Å². The van der Waals surface area contributed by atoms with Gasteiger partial charge in [0.2, 0.25) is 0 Å². The minimum atomic E-state index is -0.336. The molecule has 1 aliphatic rings. The van der Waals surface area contributed by atoms with E-state index in [4.69, 9.17) is 0 Å². The van der Waals surface area contributed by atoms with Crippen molar-refractivity contribution in [3.63, 3.8) is 0 Å². The van der Waals surface area contributed by atoms with Crippen molar-refractivity contribution in [3.05, 3.63) is 96.1 Å². The summed E-state index contributed by atoms with van der Waals surface area (Å²) in [6, 6.07) is 21.2. The first kappa shape index (κ1) is 16.8. The summed E-state index contributed by atoms with van der Waals surface area (Å²) in [4.78, 5) is 13.5. The number of hydrogen-bond donors (Lipinski definition) is 1. The van der Waals surface area contributed by atoms with E-state index in [1.807, 2.05) is 30.3 Å². The maximum atomic E-state index is 13.1. The summed E-state index contributed by atoms with van der Waals surface area (Å²) in [5, 5.41) is 3.11. The molecule has 6 heteroatoms. The molecule has 0 fully saturated rings. The van der Waals surface area contributed by atoms with Crippen LogP contribution in [-0.2, 0) is 0 Å². The maximum absolute atomic E-state index is 13.1. The van der Waals surface area contributed by atoms with Crippen LogP contribution in [0, 0.1) is 11.6 Å². The summed E-state index contributed by atoms with van der Waals surface area (Å²) in [7, 11) is 0. The van der Waals surface area contributed by atoms with Gasteiger partial charge in [0.05, 0.1) is 5.69 Å². The number of nitrogens with one attached hydrogen (secondary N) is 1. The van der Waals surface area contributed by atoms with Gasteiger partial charge in [0.1, 0.15) is 11.6 Å². The van der Waals surface area contributed by atoms with E-state index in [0.29, 0.717) is 28.9 Å². The monoisotopic (exact) mass is 360 g/mol. The maximum Gasteiger partial charge on any atom is 0.198 e. The zero-order valence-corrected chi connectivity index (χ0v) is 14.1. The highest BCUT2D eigenvalue weighted by molar-refractivity contribution is 6.51. The SMILES string of the molecule is Fc1ccc(N=C2N=C(c3ccccc3)N=C2Nc2ccc(F)cc2)cc1. The molecule has 132 valence electrons. The highest BCUT2D eigenvalue weighted by Gasteiger charge is 2.19. The number of nitrogens with zero attached hydrogens (tertiary/aromatic N) is 3. The van der Waals surface area contributed by atoms with Gasteiger partial charge in [-0.05, 0) is 48.5 Å². The summed E-state index contributed by atoms with van der Waals surface area (Å²) in [5.41, 5.74) is 2.06. The Kier molecular flexibility index (Phi) is 4.53. The van der Waals surface area contributed by atoms with Gasteiger partial charge in [-0.1, -0.05) is 30.3 Å². The first-order valence-corrected chi connectivity index (χ1v) is 8.27. The topological polar surface area (TPSA) is 49.1 Å². The number of anilines is 1. The molecule has 27 heavy (non-hydrogen) atoms. The number of benzene rings is 3. The Morgan fingerprint density at radius 1 is 0.704 bits per heavy atom. The summed E-state index contributed by atoms with van der Waals surface area (Å²) < 4.78 is 26.3. The van der Waals surface area contributed by atoms with Gasteiger partial charge in [-0.15, -0.1) is 0 Å². The van der Waals surface area contributed by atoms with Gasteiger partial charge >= 0.3 is 0 Å². The van der Waals surface area contributed by atoms with E-state index in [-0.39, 0.29) is 11.6 Å². The molecule has 0 radical (unpaired) electrons. The molecule has 0 saturated carbocycles. The molecule has 1 heterocycles. The van der Waals surface area contributed by atoms with Crippen LogP contribution < -0.4 is 5.32 Å². The number of hydrogen-bond acceptors (Lipinski definition) is 3. The second-order valence-corrected chi connectivity index (χ2v) is 5.81. The first-order chi connectivity index (χ1) is 13.2. The van der Waals surface area contributed by atoms with Crippen molar-refractivity contribution in [2.24, 2.45) is 15.0 Å². The van der Waals surface area contributed by atoms with Gasteiger partial charge in [-0.25, -0.2) is 23.8 Å². The fourth-order valence-electron chi connectivity index (χ4n) is 2.52. The predicted molar refractivity (Wildman–Crippen MR) is 104 cm³/mol. The molecular formula is C21H14F2N4. The molecule has 0 spiro atoms. The molecule has 3 aromatic rings. The number of halogens is 2. The van der Waals surface area contributed by atoms with Crippen molar-refractivity contribution in [1.29, 1.82) is 0 Å². The van der Waals surface area contributed by atoms with E-state index < -0.39 is 0 Å². The Balaban J connectivity index is 1.70. The van der Waals surface area contributed by atoms with Crippen LogP contribution in [0.2, 0.25) is 0 Å². The van der Waals surface area contributed by atoms with Crippen LogP contribution in [0.3, 0.4) is 0 Å². The Morgan fingerprint density at radius 3 is 2.00 bits per heavy atom. The van der Waals surface area contributed by atoms with Crippen LogP contribution in [0.4, 0.5) is 20.2 Å².